The Morgan fingerprint density at radius 3 is 1.39 bits per heavy atom. The normalized spacial score (nSPS) is 10.6. The van der Waals surface area contributed by atoms with Crippen molar-refractivity contribution in [3.05, 3.63) is 178 Å². The van der Waals surface area contributed by atoms with Gasteiger partial charge in [0.15, 0.2) is 11.4 Å². The van der Waals surface area contributed by atoms with Crippen LogP contribution >= 0.6 is 23.2 Å². The van der Waals surface area contributed by atoms with Crippen LogP contribution in [0, 0.1) is 39.0 Å². The molecule has 0 spiro atoms. The molecule has 0 atom stereocenters. The summed E-state index contributed by atoms with van der Waals surface area (Å²) in [6.45, 7) is 5.15. The van der Waals surface area contributed by atoms with Crippen LogP contribution in [0.5, 0.6) is 11.8 Å². The molecule has 0 unspecified atom stereocenters. The van der Waals surface area contributed by atoms with Crippen molar-refractivity contribution in [1.82, 2.24) is 49.5 Å². The fraction of sp³-hybridized carbons (Fsp3) is 0.0566. The van der Waals surface area contributed by atoms with Crippen molar-refractivity contribution in [2.75, 3.05) is 21.3 Å². The fourth-order valence-corrected chi connectivity index (χ4v) is 9.31. The summed E-state index contributed by atoms with van der Waals surface area (Å²) in [6.07, 6.45) is 2.95. The fourth-order valence-electron chi connectivity index (χ4n) is 7.70. The first kappa shape index (κ1) is 89.8. The van der Waals surface area contributed by atoms with Gasteiger partial charge in [-0.3, -0.25) is 0 Å². The molecule has 6 aromatic carbocycles. The second-order valence-electron chi connectivity index (χ2n) is 18.1. The number of hydrogen-bond acceptors (Lipinski definition) is 33. The predicted octanol–water partition coefficient (Wildman–Crippen LogP) is -6.74. The number of aryl methyl sites for hydroxylation is 3. The second kappa shape index (κ2) is 41.8. The Hall–Kier alpha value is -6.24. The molecule has 35 nitrogen and oxygen atoms in total. The Morgan fingerprint density at radius 1 is 0.490 bits per heavy atom. The first-order chi connectivity index (χ1) is 44.9. The summed E-state index contributed by atoms with van der Waals surface area (Å²) >= 11 is 12.5. The molecule has 490 valence electrons. The predicted molar refractivity (Wildman–Crippen MR) is 332 cm³/mol. The van der Waals surface area contributed by atoms with Crippen LogP contribution in [0.4, 0.5) is 69.3 Å². The van der Waals surface area contributed by atoms with Crippen molar-refractivity contribution in [3.8, 4) is 23.1 Å². The summed E-state index contributed by atoms with van der Waals surface area (Å²) in [5.41, 5.74) is 4.52. The van der Waals surface area contributed by atoms with Gasteiger partial charge < -0.3 is 40.6 Å². The summed E-state index contributed by atoms with van der Waals surface area (Å²) in [6, 6.07) is 40.0. The summed E-state index contributed by atoms with van der Waals surface area (Å²) in [4.78, 5) is 23.8. The SMILES string of the molecule is Cc1ccc(-n2nc(C)c(N=Nc3cc(Nc4nc(Cl)nc(Nc5c[c-]c(C=Cc6ccc(Nc7nc(Cl)nc(Nc8cc[c-]c(N=Nc9c(C)nn(-c%10cc[c-]cc%10)c9O)c8)n7)cc6S(=O)(=O)[O-])cc5)n4)ccc3S(=O)(=O)[O-])c2O)cc1.O=S(=O)=O.O=S(=O)=O.O=S(=O)=O.[Na+].[Na+].[Na+].[Na+].[Na+]. The zero-order valence-electron chi connectivity index (χ0n) is 52.8. The number of nitrogens with one attached hydrogen (secondary N) is 4. The second-order valence-corrected chi connectivity index (χ2v) is 22.7. The van der Waals surface area contributed by atoms with Crippen molar-refractivity contribution in [3.63, 3.8) is 0 Å². The molecule has 0 bridgehead atoms. The monoisotopic (exact) mass is 1540 g/mol. The molecule has 0 saturated carbocycles. The maximum absolute atomic E-state index is 12.6. The van der Waals surface area contributed by atoms with Crippen molar-refractivity contribution in [1.29, 1.82) is 0 Å². The van der Waals surface area contributed by atoms with Gasteiger partial charge in [-0.15, -0.1) is 108 Å². The molecule has 100 heavy (non-hydrogen) atoms. The van der Waals surface area contributed by atoms with E-state index in [4.69, 9.17) is 61.1 Å². The molecule has 4 aromatic heterocycles. The Kier molecular flexibility index (Phi) is 37.5. The summed E-state index contributed by atoms with van der Waals surface area (Å²) in [7, 11) is -19.4. The van der Waals surface area contributed by atoms with Gasteiger partial charge in [-0.25, -0.2) is 21.5 Å². The topological polar surface area (TPSA) is 519 Å². The van der Waals surface area contributed by atoms with Crippen LogP contribution in [-0.4, -0.2) is 123 Å². The number of hydrogen-bond donors (Lipinski definition) is 6. The van der Waals surface area contributed by atoms with E-state index >= 15 is 0 Å². The van der Waals surface area contributed by atoms with E-state index in [1.165, 1.54) is 51.8 Å². The largest absolute Gasteiger partial charge is 1.00 e. The van der Waals surface area contributed by atoms with Crippen LogP contribution in [-0.2, 0) is 52.1 Å². The van der Waals surface area contributed by atoms with Crippen molar-refractivity contribution in [2.45, 2.75) is 30.6 Å². The minimum Gasteiger partial charge on any atom is -0.744 e. The Labute approximate surface area is 692 Å². The average molecular weight is 1540 g/mol. The summed E-state index contributed by atoms with van der Waals surface area (Å²) < 4.78 is 153. The summed E-state index contributed by atoms with van der Waals surface area (Å²) in [5.74, 6) is -0.825. The first-order valence-corrected chi connectivity index (χ1v) is 32.0. The van der Waals surface area contributed by atoms with Gasteiger partial charge in [-0.2, -0.15) is 85.8 Å². The number of aromatic hydroxyl groups is 2. The average Bonchev–Trinajstić information content (AvgIpc) is 1.55. The number of benzene rings is 6. The number of rotatable bonds is 18. The molecule has 0 saturated heterocycles. The molecular formula is C53H37Cl2N18Na5O17S5. The smallest absolute Gasteiger partial charge is 0.744 e. The van der Waals surface area contributed by atoms with Crippen LogP contribution < -0.4 is 169 Å². The van der Waals surface area contributed by atoms with E-state index in [9.17, 15) is 36.2 Å². The molecule has 0 aliphatic carbocycles. The Balaban J connectivity index is 0.00000185. The number of aromatic nitrogens is 10. The molecule has 10 rings (SSSR count). The molecule has 4 heterocycles. The van der Waals surface area contributed by atoms with Gasteiger partial charge in [0.1, 0.15) is 25.9 Å². The van der Waals surface area contributed by atoms with E-state index in [-0.39, 0.29) is 239 Å². The van der Waals surface area contributed by atoms with Crippen molar-refractivity contribution in [2.24, 2.45) is 20.5 Å². The molecule has 0 fully saturated rings. The number of halogens is 2. The minimum atomic E-state index is -5.05. The Bertz CT molecular complexity index is 5160. The third kappa shape index (κ3) is 27.8. The van der Waals surface area contributed by atoms with Gasteiger partial charge in [0, 0.05) is 11.4 Å². The van der Waals surface area contributed by atoms with Gasteiger partial charge >= 0.3 is 180 Å². The van der Waals surface area contributed by atoms with Crippen LogP contribution in [0.1, 0.15) is 28.1 Å². The molecule has 0 amide bonds. The molecule has 0 aliphatic rings. The standard InChI is InChI=1S/C53H39Cl2N18O8S2.5Na.3O3S/c1-29-12-23-40(24-13-29)73-47(75)45(31(3)71-73)69-67-41-27-36(22-25-42(41)82(76,77)78)58-52-62-48(54)60-50(64-52)56-34-19-15-32(16-20-34)14-17-33-18-21-37(28-43(33)83(79,80)81)59-53-63-49(55)61-51(65-53)57-35-8-7-9-38(26-35)66-68-44-30(2)70-72(46(44)74)39-10-5-4-6-11-39;;;;;;3*1-4(2)3/h5-8,10-15,17-28,74-75H,1-3H3,(H,76,77,78)(H,79,80,81)(H2,56,58,60,62,64)(H2,57,59,61,63,65);;;;;;;;/q-3;5*+1;;;/p-2. The molecule has 6 N–H and O–H groups in total. The zero-order chi connectivity index (χ0) is 69.3. The quantitative estimate of drug-likeness (QED) is 0.0153. The summed E-state index contributed by atoms with van der Waals surface area (Å²) in [5, 5.41) is 58.2. The van der Waals surface area contributed by atoms with E-state index in [1.54, 1.807) is 80.6 Å². The van der Waals surface area contributed by atoms with Crippen LogP contribution in [0.25, 0.3) is 23.5 Å². The van der Waals surface area contributed by atoms with Gasteiger partial charge in [-0.1, -0.05) is 35.5 Å². The van der Waals surface area contributed by atoms with E-state index in [1.807, 2.05) is 19.1 Å². The maximum atomic E-state index is 12.6. The van der Waals surface area contributed by atoms with E-state index in [2.05, 4.69) is 100 Å². The third-order valence-electron chi connectivity index (χ3n) is 11.6. The van der Waals surface area contributed by atoms with Crippen molar-refractivity contribution >= 4 is 157 Å². The third-order valence-corrected chi connectivity index (χ3v) is 13.7. The van der Waals surface area contributed by atoms with Gasteiger partial charge in [0.25, 0.3) is 0 Å². The van der Waals surface area contributed by atoms with E-state index in [0.717, 1.165) is 17.7 Å². The molecule has 0 aliphatic heterocycles. The van der Waals surface area contributed by atoms with Gasteiger partial charge in [0.2, 0.25) is 46.1 Å². The maximum Gasteiger partial charge on any atom is 1.00 e. The molecule has 47 heteroatoms. The van der Waals surface area contributed by atoms with Crippen LogP contribution in [0.15, 0.2) is 152 Å². The first-order valence-electron chi connectivity index (χ1n) is 25.5. The molecular weight excluding hydrogens is 1510 g/mol. The van der Waals surface area contributed by atoms with Gasteiger partial charge in [-0.05, 0) is 109 Å². The van der Waals surface area contributed by atoms with Crippen LogP contribution in [0.2, 0.25) is 10.6 Å². The molecule has 10 aromatic rings. The molecule has 0 radical (unpaired) electrons. The van der Waals surface area contributed by atoms with Crippen LogP contribution in [0.3, 0.4) is 0 Å². The van der Waals surface area contributed by atoms with Gasteiger partial charge in [0.05, 0.1) is 26.9 Å². The zero-order valence-corrected chi connectivity index (χ0v) is 68.4. The number of anilines is 8. The minimum absolute atomic E-state index is 0. The van der Waals surface area contributed by atoms with E-state index < -0.39 is 61.9 Å². The van der Waals surface area contributed by atoms with Crippen molar-refractivity contribution < 1.29 is 222 Å². The number of azo groups is 2. The van der Waals surface area contributed by atoms with E-state index in [0.29, 0.717) is 34.0 Å². The Morgan fingerprint density at radius 2 is 0.920 bits per heavy atom. The number of nitrogens with zero attached hydrogens (tertiary/aromatic N) is 14.